The van der Waals surface area contributed by atoms with Gasteiger partial charge in [-0.2, -0.15) is 0 Å². The monoisotopic (exact) mass is 1600 g/mol. The number of carbonyl (C=O) groups is 1. The van der Waals surface area contributed by atoms with E-state index in [0.29, 0.717) is 24.9 Å². The van der Waals surface area contributed by atoms with E-state index in [9.17, 15) is 25.2 Å². The van der Waals surface area contributed by atoms with E-state index in [4.69, 9.17) is 59.9 Å². The second kappa shape index (κ2) is 80.3. The number of nitrogens with one attached hydrogen (secondary N) is 2. The van der Waals surface area contributed by atoms with Crippen LogP contribution in [0.2, 0.25) is 26.2 Å². The van der Waals surface area contributed by atoms with Crippen LogP contribution in [0.3, 0.4) is 0 Å². The first-order chi connectivity index (χ1) is 38.9. The minimum Gasteiger partial charge on any atom is 0 e. The van der Waals surface area contributed by atoms with Gasteiger partial charge in [0.15, 0.2) is 18.1 Å². The molecule has 27 heteroatoms. The minimum atomic E-state index is -1.44. The molecule has 0 bridgehead atoms. The van der Waals surface area contributed by atoms with Crippen molar-refractivity contribution in [3.05, 3.63) is 220 Å². The van der Waals surface area contributed by atoms with E-state index in [1.54, 1.807) is 39.8 Å². The maximum Gasteiger partial charge on any atom is 0 e. The van der Waals surface area contributed by atoms with E-state index in [-0.39, 0.29) is 89.3 Å². The standard InChI is InChI=1S/C21H26BrNO3.C21H28BrNO2.C4H14OSi2.12CO.3Ru/c1-15(16-9-11-18(22)12-10-16)23-19(24)13-21(26,14-20(2,3)25)17-7-5-4-6-8-17;1-16(17-9-11-19(22)12-10-17)23-14-13-21(25,15-20(2,3)24)18-7-5-4-6-8-18;1-6(2)5-7(3)4;12*1-2;;;/h4-12,15,25-26H,13-14H2,1-3H3,(H,23,24);4-12,16,23-25H,13-15H2,1-3H3;6-7H,1-4H3;;;;;;;;;;;;;;;/t15-,21-;16-,21-;;;;;;;;;;;;;;;;/m00................/s1. The van der Waals surface area contributed by atoms with Crippen LogP contribution in [0.4, 0.5) is 0 Å². The van der Waals surface area contributed by atoms with Gasteiger partial charge in [-0.3, -0.25) is 4.79 Å². The van der Waals surface area contributed by atoms with Gasteiger partial charge in [0.2, 0.25) is 5.91 Å². The largest absolute Gasteiger partial charge is 0 e. The molecule has 0 heterocycles. The molecule has 464 valence electrons. The average molecular weight is 1600 g/mol. The first-order valence-corrected chi connectivity index (χ1v) is 29.7. The molecule has 0 saturated heterocycles. The number of aliphatic hydroxyl groups is 4. The Bertz CT molecular complexity index is 2240. The summed E-state index contributed by atoms with van der Waals surface area (Å²) in [4.78, 5) is 12.6. The maximum absolute atomic E-state index is 12.6. The molecule has 4 rings (SSSR count). The number of hydrogen-bond donors (Lipinski definition) is 6. The Morgan fingerprint density at radius 1 is 0.471 bits per heavy atom. The van der Waals surface area contributed by atoms with Crippen molar-refractivity contribution in [3.8, 4) is 0 Å². The van der Waals surface area contributed by atoms with E-state index < -0.39 is 40.5 Å². The zero-order valence-corrected chi connectivity index (χ0v) is 58.8. The molecule has 0 aliphatic heterocycles. The Kier molecular flexibility index (Phi) is 109. The van der Waals surface area contributed by atoms with Gasteiger partial charge in [0, 0.05) is 86.3 Å². The van der Waals surface area contributed by atoms with Gasteiger partial charge in [0.25, 0.3) is 0 Å². The summed E-state index contributed by atoms with van der Waals surface area (Å²) in [6.45, 7) is 74.3. The average Bonchev–Trinajstić information content (AvgIpc) is 3.49. The van der Waals surface area contributed by atoms with Gasteiger partial charge in [-0.25, -0.2) is 0 Å². The molecule has 4 aromatic rings. The molecule has 6 N–H and O–H groups in total. The molecule has 0 fully saturated rings. The van der Waals surface area contributed by atoms with Crippen molar-refractivity contribution in [2.24, 2.45) is 0 Å². The van der Waals surface area contributed by atoms with Gasteiger partial charge in [-0.05, 0) is 127 Å². The summed E-state index contributed by atoms with van der Waals surface area (Å²) in [5, 5.41) is 49.3. The van der Waals surface area contributed by atoms with Gasteiger partial charge < -0.3 is 35.2 Å². The Morgan fingerprint density at radius 2 is 0.729 bits per heavy atom. The molecular formula is C58H68Br2N2O18Ru3Si2. The van der Waals surface area contributed by atoms with E-state index in [2.05, 4.69) is 168 Å². The van der Waals surface area contributed by atoms with Crippen LogP contribution in [0.25, 0.3) is 0 Å². The molecule has 0 spiro atoms. The zero-order chi connectivity index (χ0) is 67.7. The Balaban J connectivity index is -0.0000000658. The second-order valence-corrected chi connectivity index (χ2v) is 24.1. The van der Waals surface area contributed by atoms with E-state index in [0.717, 1.165) is 20.1 Å². The quantitative estimate of drug-likeness (QED) is 0.0338. The number of halogens is 2. The summed E-state index contributed by atoms with van der Waals surface area (Å²) in [7, 11) is -1.33. The number of benzene rings is 4. The molecule has 85 heavy (non-hydrogen) atoms. The maximum atomic E-state index is 12.6. The number of rotatable bonds is 17. The summed E-state index contributed by atoms with van der Waals surface area (Å²) in [6, 6.07) is 34.6. The Labute approximate surface area is 560 Å². The summed E-state index contributed by atoms with van der Waals surface area (Å²) in [5.41, 5.74) is -0.913. The molecule has 4 atom stereocenters. The zero-order valence-electron chi connectivity index (χ0n) is 48.1. The number of hydrogen-bond acceptors (Lipinski definition) is 7. The third-order valence-corrected chi connectivity index (χ3v) is 14.6. The minimum absolute atomic E-state index is 0. The summed E-state index contributed by atoms with van der Waals surface area (Å²) < 4.78 is 97.6. The molecule has 1 amide bonds. The van der Waals surface area contributed by atoms with Crippen LogP contribution < -0.4 is 10.6 Å². The molecule has 0 unspecified atom stereocenters. The second-order valence-electron chi connectivity index (χ2n) is 17.0. The molecule has 0 saturated carbocycles. The summed E-state index contributed by atoms with van der Waals surface area (Å²) >= 11 is 6.84. The van der Waals surface area contributed by atoms with Gasteiger partial charge in [-0.15, -0.1) is 0 Å². The first-order valence-electron chi connectivity index (χ1n) is 22.6. The van der Waals surface area contributed by atoms with Gasteiger partial charge in [0.05, 0.1) is 29.3 Å². The predicted molar refractivity (Wildman–Crippen MR) is 299 cm³/mol. The third kappa shape index (κ3) is 69.2. The van der Waals surface area contributed by atoms with Crippen molar-refractivity contribution in [2.75, 3.05) is 6.54 Å². The Morgan fingerprint density at radius 3 is 0.988 bits per heavy atom. The molecule has 0 aliphatic carbocycles. The van der Waals surface area contributed by atoms with Crippen molar-refractivity contribution in [1.82, 2.24) is 10.6 Å². The molecule has 20 nitrogen and oxygen atoms in total. The van der Waals surface area contributed by atoms with E-state index in [1.165, 1.54) is 5.56 Å². The summed E-state index contributed by atoms with van der Waals surface area (Å²) in [6.07, 6.45) is 0.756. The fourth-order valence-corrected chi connectivity index (χ4v) is 11.7. The SMILES string of the molecule is C[C@H](NC(=O)C[C@](O)(CC(C)(C)O)c1ccccc1)c1ccc(Br)cc1.C[C@H](NCC[C@](O)(CC(C)(C)O)c1ccccc1)c1ccc(Br)cc1.C[SiH](C)O[SiH](C)C.[C-]#[O+].[C-]#[O+].[C-]#[O+].[C-]#[O+].[C-]#[O+].[C-]#[O+].[C-]#[O+].[C-]#[O+].[C-]#[O+].[C-]#[O+].[C-]#[O+].[C-]#[O+].[Ru].[Ru].[Ru]. The van der Waals surface area contributed by atoms with Crippen molar-refractivity contribution >= 4 is 55.8 Å². The van der Waals surface area contributed by atoms with Gasteiger partial charge in [0.1, 0.15) is 5.60 Å². The van der Waals surface area contributed by atoms with Crippen LogP contribution in [0.1, 0.15) is 102 Å². The van der Waals surface area contributed by atoms with Crippen molar-refractivity contribution in [1.29, 1.82) is 0 Å². The smallest absolute Gasteiger partial charge is 0 e. The molecule has 0 aliphatic rings. The van der Waals surface area contributed by atoms with E-state index >= 15 is 0 Å². The summed E-state index contributed by atoms with van der Waals surface area (Å²) in [5.74, 6) is -0.268. The van der Waals surface area contributed by atoms with Crippen molar-refractivity contribution in [3.63, 3.8) is 0 Å². The number of carbonyl (C=O) groups excluding carboxylic acids is 1. The van der Waals surface area contributed by atoms with Gasteiger partial charge >= 0.3 is 136 Å². The molecule has 0 radical (unpaired) electrons. The molecule has 4 aromatic carbocycles. The van der Waals surface area contributed by atoms with Gasteiger partial charge in [-0.1, -0.05) is 117 Å². The normalized spacial score (nSPS) is 10.4. The fourth-order valence-electron chi connectivity index (χ4n) is 6.83. The van der Waals surface area contributed by atoms with Crippen LogP contribution in [-0.4, -0.2) is 62.2 Å². The van der Waals surface area contributed by atoms with Crippen LogP contribution in [-0.2, 0) is 134 Å². The first kappa shape index (κ1) is 116. The predicted octanol–water partition coefficient (Wildman–Crippen LogP) is 9.12. The van der Waals surface area contributed by atoms with Crippen LogP contribution >= 0.6 is 31.9 Å². The van der Waals surface area contributed by atoms with Crippen molar-refractivity contribution < 1.29 is 144 Å². The molecule has 0 aromatic heterocycles. The Hall–Kier alpha value is -3.75. The molecular weight excluding hydrogens is 1530 g/mol. The van der Waals surface area contributed by atoms with Crippen LogP contribution in [0, 0.1) is 79.8 Å². The topological polar surface area (TPSA) is 370 Å². The van der Waals surface area contributed by atoms with Crippen LogP contribution in [0.15, 0.2) is 118 Å². The fraction of sp³-hybridized carbons (Fsp3) is 0.362. The van der Waals surface area contributed by atoms with E-state index in [1.807, 2.05) is 91.9 Å². The third-order valence-electron chi connectivity index (χ3n) is 9.18. The number of amides is 1. The van der Waals surface area contributed by atoms with Crippen molar-refractivity contribution in [2.45, 2.75) is 128 Å². The van der Waals surface area contributed by atoms with Crippen LogP contribution in [0.5, 0.6) is 0 Å².